The number of hydrogen-bond donors (Lipinski definition) is 0. The van der Waals surface area contributed by atoms with E-state index in [4.69, 9.17) is 0 Å². The molecule has 0 atom stereocenters. The van der Waals surface area contributed by atoms with E-state index in [1.165, 1.54) is 124 Å². The van der Waals surface area contributed by atoms with Crippen molar-refractivity contribution in [2.45, 2.75) is 194 Å². The van der Waals surface area contributed by atoms with Gasteiger partial charge in [0.1, 0.15) is 0 Å². The van der Waals surface area contributed by atoms with Gasteiger partial charge in [-0.1, -0.05) is 312 Å². The second kappa shape index (κ2) is 25.5. The largest absolute Gasteiger partial charge is 0.248 e. The van der Waals surface area contributed by atoms with Gasteiger partial charge in [0, 0.05) is 16.1 Å². The molecule has 4 rings (SSSR count). The van der Waals surface area contributed by atoms with Crippen molar-refractivity contribution in [3.05, 3.63) is 97.1 Å². The summed E-state index contributed by atoms with van der Waals surface area (Å²) in [6.45, 7) is 29.8. The van der Waals surface area contributed by atoms with Gasteiger partial charge in [-0.25, -0.2) is 4.44 Å². The van der Waals surface area contributed by atoms with Gasteiger partial charge in [-0.2, -0.15) is 0 Å². The highest BCUT2D eigenvalue weighted by Crippen LogP contribution is 2.53. The smallest absolute Gasteiger partial charge is 0.0867 e. The van der Waals surface area contributed by atoms with Crippen molar-refractivity contribution in [1.29, 1.82) is 0 Å². The lowest BCUT2D eigenvalue weighted by molar-refractivity contribution is 0.800. The monoisotopic (exact) mass is 940 g/mol. The molecule has 0 unspecified atom stereocenters. The number of hydrogen-bond acceptors (Lipinski definition) is 1. The van der Waals surface area contributed by atoms with Crippen LogP contribution in [0.1, 0.15) is 119 Å². The molecule has 0 heterocycles. The van der Waals surface area contributed by atoms with Crippen LogP contribution >= 0.6 is 16.1 Å². The standard InChI is InChI=1S/C55H91NP2Si4/c1-14-20-42-61(43-21-15-2,44-22-16-3)50-38-34-48(35-39-50)57(49-36-40-51(41-37-49)62(45-23-17-4,46-24-18-5)47-25-19-6)56(7)58(52-30-26-28-32-54(52)59(8,9)10)53-31-27-29-33-55(53)60(11,12)13/h26-41H,14-25,42-47H2,1-13H3. The fourth-order valence-electron chi connectivity index (χ4n) is 10.2. The highest BCUT2D eigenvalue weighted by atomic mass is 31.2. The van der Waals surface area contributed by atoms with Gasteiger partial charge < -0.3 is 0 Å². The molecule has 1 nitrogen and oxygen atoms in total. The molecule has 342 valence electrons. The van der Waals surface area contributed by atoms with Crippen molar-refractivity contribution in [3.63, 3.8) is 0 Å². The molecule has 0 aromatic heterocycles. The Labute approximate surface area is 390 Å². The Balaban J connectivity index is 2.04. The average Bonchev–Trinajstić information content (AvgIpc) is 3.26. The summed E-state index contributed by atoms with van der Waals surface area (Å²) in [5.74, 6) is 0. The normalized spacial score (nSPS) is 12.9. The first-order chi connectivity index (χ1) is 29.7. The number of nitrogens with zero attached hydrogens (tertiary/aromatic N) is 1. The molecule has 0 aliphatic rings. The predicted octanol–water partition coefficient (Wildman–Crippen LogP) is 14.2. The molecule has 0 N–H and O–H groups in total. The molecule has 0 bridgehead atoms. The van der Waals surface area contributed by atoms with Gasteiger partial charge in [0.25, 0.3) is 0 Å². The fraction of sp³-hybridized carbons (Fsp3) is 0.564. The van der Waals surface area contributed by atoms with Gasteiger partial charge in [-0.15, -0.1) is 0 Å². The van der Waals surface area contributed by atoms with E-state index in [1.54, 1.807) is 31.4 Å². The van der Waals surface area contributed by atoms with Gasteiger partial charge in [0.15, 0.2) is 0 Å². The lowest BCUT2D eigenvalue weighted by atomic mass is 10.3. The molecule has 62 heavy (non-hydrogen) atoms. The molecule has 0 radical (unpaired) electrons. The van der Waals surface area contributed by atoms with Crippen LogP contribution in [-0.2, 0) is 0 Å². The third-order valence-corrected chi connectivity index (χ3v) is 35.0. The highest BCUT2D eigenvalue weighted by Gasteiger charge is 2.38. The van der Waals surface area contributed by atoms with Crippen LogP contribution in [0.25, 0.3) is 0 Å². The fourth-order valence-corrected chi connectivity index (χ4v) is 32.6. The first-order valence-corrected chi connectivity index (χ1v) is 40.2. The molecule has 7 heteroatoms. The number of benzene rings is 4. The SMILES string of the molecule is CCCC[Si](CCCC)(CCCC)c1ccc(P(c2ccc([Si](CCCC)(CCCC)CCCC)cc2)N(C)P(c2ccccc2[Si](C)(C)C)c2ccccc2[Si](C)(C)C)cc1. The van der Waals surface area contributed by atoms with Crippen molar-refractivity contribution >= 4 is 90.4 Å². The summed E-state index contributed by atoms with van der Waals surface area (Å²) in [4.78, 5) is 0. The van der Waals surface area contributed by atoms with Gasteiger partial charge >= 0.3 is 0 Å². The lowest BCUT2D eigenvalue weighted by Crippen LogP contribution is -2.52. The molecule has 0 amide bonds. The van der Waals surface area contributed by atoms with E-state index < -0.39 is 48.4 Å². The van der Waals surface area contributed by atoms with Crippen molar-refractivity contribution in [2.24, 2.45) is 0 Å². The second-order valence-electron chi connectivity index (χ2n) is 20.9. The quantitative estimate of drug-likeness (QED) is 0.0405. The summed E-state index contributed by atoms with van der Waals surface area (Å²) in [5, 5.41) is 13.0. The Hall–Kier alpha value is -1.43. The minimum absolute atomic E-state index is 0.829. The number of rotatable bonds is 28. The van der Waals surface area contributed by atoms with E-state index in [0.717, 1.165) is 0 Å². The van der Waals surface area contributed by atoms with Crippen LogP contribution in [0.3, 0.4) is 0 Å². The van der Waals surface area contributed by atoms with Crippen LogP contribution in [-0.4, -0.2) is 43.8 Å². The van der Waals surface area contributed by atoms with Crippen molar-refractivity contribution in [1.82, 2.24) is 4.44 Å². The van der Waals surface area contributed by atoms with Crippen molar-refractivity contribution in [3.8, 4) is 0 Å². The second-order valence-corrected chi connectivity index (χ2v) is 45.0. The van der Waals surface area contributed by atoms with E-state index in [0.29, 0.717) is 0 Å². The summed E-state index contributed by atoms with van der Waals surface area (Å²) in [5.41, 5.74) is 0. The predicted molar refractivity (Wildman–Crippen MR) is 301 cm³/mol. The Morgan fingerprint density at radius 2 is 0.645 bits per heavy atom. The highest BCUT2D eigenvalue weighted by molar-refractivity contribution is 7.85. The topological polar surface area (TPSA) is 3.24 Å². The molecule has 4 aromatic rings. The van der Waals surface area contributed by atoms with E-state index in [-0.39, 0.29) is 0 Å². The molecule has 0 fully saturated rings. The third-order valence-electron chi connectivity index (χ3n) is 14.0. The van der Waals surface area contributed by atoms with E-state index in [1.807, 2.05) is 0 Å². The Morgan fingerprint density at radius 1 is 0.371 bits per heavy atom. The maximum Gasteiger partial charge on any atom is 0.0867 e. The third kappa shape index (κ3) is 13.8. The molecular weight excluding hydrogens is 849 g/mol. The summed E-state index contributed by atoms with van der Waals surface area (Å²) in [6.07, 6.45) is 16.1. The summed E-state index contributed by atoms with van der Waals surface area (Å²) < 4.78 is 2.94. The Kier molecular flexibility index (Phi) is 21.8. The first-order valence-electron chi connectivity index (χ1n) is 25.4. The van der Waals surface area contributed by atoms with Crippen molar-refractivity contribution < 1.29 is 0 Å². The maximum absolute atomic E-state index is 2.94. The van der Waals surface area contributed by atoms with Crippen LogP contribution in [0.5, 0.6) is 0 Å². The van der Waals surface area contributed by atoms with Crippen LogP contribution in [0, 0.1) is 0 Å². The molecule has 0 spiro atoms. The first kappa shape index (κ1) is 53.2. The summed E-state index contributed by atoms with van der Waals surface area (Å²) >= 11 is 0. The van der Waals surface area contributed by atoms with Crippen molar-refractivity contribution in [2.75, 3.05) is 7.05 Å². The minimum Gasteiger partial charge on any atom is -0.248 e. The van der Waals surface area contributed by atoms with Gasteiger partial charge in [-0.05, 0) is 28.3 Å². The lowest BCUT2D eigenvalue weighted by Gasteiger charge is -2.40. The van der Waals surface area contributed by atoms with E-state index in [9.17, 15) is 0 Å². The Bertz CT molecular complexity index is 1700. The minimum atomic E-state index is -1.68. The van der Waals surface area contributed by atoms with Crippen LogP contribution in [0.15, 0.2) is 97.1 Å². The summed E-state index contributed by atoms with van der Waals surface area (Å²) in [6, 6.07) is 49.3. The number of unbranched alkanes of at least 4 members (excludes halogenated alkanes) is 6. The van der Waals surface area contributed by atoms with Crippen LogP contribution in [0.2, 0.25) is 75.5 Å². The van der Waals surface area contributed by atoms with Crippen LogP contribution < -0.4 is 42.0 Å². The van der Waals surface area contributed by atoms with E-state index in [2.05, 4.69) is 189 Å². The molecule has 0 saturated carbocycles. The zero-order valence-electron chi connectivity index (χ0n) is 42.3. The Morgan fingerprint density at radius 3 is 0.903 bits per heavy atom. The van der Waals surface area contributed by atoms with Gasteiger partial charge in [0.05, 0.1) is 32.3 Å². The molecule has 4 aromatic carbocycles. The molecular formula is C55H91NP2Si4. The average molecular weight is 941 g/mol. The molecule has 0 aliphatic carbocycles. The van der Waals surface area contributed by atoms with Crippen LogP contribution in [0.4, 0.5) is 0 Å². The molecule has 0 aliphatic heterocycles. The zero-order chi connectivity index (χ0) is 45.4. The molecule has 0 saturated heterocycles. The summed E-state index contributed by atoms with van der Waals surface area (Å²) in [7, 11) is -5.76. The van der Waals surface area contributed by atoms with Gasteiger partial charge in [-0.3, -0.25) is 0 Å². The zero-order valence-corrected chi connectivity index (χ0v) is 48.1. The van der Waals surface area contributed by atoms with Gasteiger partial charge in [0.2, 0.25) is 0 Å². The van der Waals surface area contributed by atoms with E-state index >= 15 is 0 Å². The maximum atomic E-state index is 2.94.